The molecule has 1 aromatic carbocycles. The van der Waals surface area contributed by atoms with Crippen LogP contribution in [-0.4, -0.2) is 43.8 Å². The summed E-state index contributed by atoms with van der Waals surface area (Å²) in [4.78, 5) is 0. The maximum atomic E-state index is 5.91. The molecular formula is C18H25N3O3. The van der Waals surface area contributed by atoms with E-state index < -0.39 is 0 Å². The molecule has 0 bridgehead atoms. The van der Waals surface area contributed by atoms with Crippen molar-refractivity contribution in [3.63, 3.8) is 0 Å². The van der Waals surface area contributed by atoms with Crippen molar-refractivity contribution in [3.05, 3.63) is 47.3 Å². The van der Waals surface area contributed by atoms with Gasteiger partial charge >= 0.3 is 0 Å². The molecule has 6 heteroatoms. The summed E-state index contributed by atoms with van der Waals surface area (Å²) in [6.45, 7) is 3.70. The lowest BCUT2D eigenvalue weighted by molar-refractivity contribution is 0.0392. The zero-order valence-corrected chi connectivity index (χ0v) is 14.3. The second-order valence-corrected chi connectivity index (χ2v) is 5.89. The molecule has 0 saturated heterocycles. The molecule has 2 aromatic rings. The van der Waals surface area contributed by atoms with E-state index in [9.17, 15) is 0 Å². The lowest BCUT2D eigenvalue weighted by Crippen LogP contribution is -2.27. The first-order chi connectivity index (χ1) is 11.8. The first-order valence-corrected chi connectivity index (χ1v) is 8.30. The Kier molecular flexibility index (Phi) is 5.85. The molecular weight excluding hydrogens is 306 g/mol. The summed E-state index contributed by atoms with van der Waals surface area (Å²) in [5, 5.41) is 8.14. The van der Waals surface area contributed by atoms with Crippen molar-refractivity contribution in [2.75, 3.05) is 34.0 Å². The minimum atomic E-state index is 0.00292. The van der Waals surface area contributed by atoms with Crippen molar-refractivity contribution < 1.29 is 14.2 Å². The normalized spacial score (nSPS) is 16.8. The fraction of sp³-hybridized carbons (Fsp3) is 0.500. The third-order valence-electron chi connectivity index (χ3n) is 4.18. The maximum Gasteiger partial charge on any atom is 0.119 e. The van der Waals surface area contributed by atoms with Crippen LogP contribution in [0, 0.1) is 0 Å². The lowest BCUT2D eigenvalue weighted by Gasteiger charge is -2.22. The van der Waals surface area contributed by atoms with E-state index in [2.05, 4.69) is 22.7 Å². The SMILES string of the molecule is COCCn1cc2c(n1)[C@@H](CNCc1cccc(OC)c1)OCC2. The van der Waals surface area contributed by atoms with E-state index in [4.69, 9.17) is 14.2 Å². The third-order valence-corrected chi connectivity index (χ3v) is 4.18. The predicted octanol–water partition coefficient (Wildman–Crippen LogP) is 1.94. The molecule has 0 radical (unpaired) electrons. The van der Waals surface area contributed by atoms with E-state index in [0.29, 0.717) is 6.61 Å². The highest BCUT2D eigenvalue weighted by atomic mass is 16.5. The smallest absolute Gasteiger partial charge is 0.119 e. The van der Waals surface area contributed by atoms with Crippen LogP contribution in [0.3, 0.4) is 0 Å². The van der Waals surface area contributed by atoms with Gasteiger partial charge in [0.1, 0.15) is 11.9 Å². The van der Waals surface area contributed by atoms with Crippen LogP contribution in [0.15, 0.2) is 30.5 Å². The Morgan fingerprint density at radius 2 is 2.29 bits per heavy atom. The van der Waals surface area contributed by atoms with Gasteiger partial charge in [0.2, 0.25) is 0 Å². The average molecular weight is 331 g/mol. The maximum absolute atomic E-state index is 5.91. The quantitative estimate of drug-likeness (QED) is 0.801. The molecule has 0 aliphatic carbocycles. The number of nitrogens with zero attached hydrogens (tertiary/aromatic N) is 2. The summed E-state index contributed by atoms with van der Waals surface area (Å²) >= 11 is 0. The Balaban J connectivity index is 1.57. The van der Waals surface area contributed by atoms with E-state index in [1.165, 1.54) is 11.1 Å². The van der Waals surface area contributed by atoms with Gasteiger partial charge in [0.25, 0.3) is 0 Å². The Morgan fingerprint density at radius 3 is 3.12 bits per heavy atom. The molecule has 0 fully saturated rings. The van der Waals surface area contributed by atoms with Gasteiger partial charge in [0.05, 0.1) is 32.6 Å². The van der Waals surface area contributed by atoms with Crippen molar-refractivity contribution in [1.29, 1.82) is 0 Å². The number of methoxy groups -OCH3 is 2. The van der Waals surface area contributed by atoms with Gasteiger partial charge in [-0.15, -0.1) is 0 Å². The van der Waals surface area contributed by atoms with Crippen molar-refractivity contribution in [2.45, 2.75) is 25.6 Å². The van der Waals surface area contributed by atoms with Crippen LogP contribution < -0.4 is 10.1 Å². The van der Waals surface area contributed by atoms with Crippen molar-refractivity contribution in [1.82, 2.24) is 15.1 Å². The first-order valence-electron chi connectivity index (χ1n) is 8.30. The van der Waals surface area contributed by atoms with E-state index in [0.717, 1.165) is 44.1 Å². The summed E-state index contributed by atoms with van der Waals surface area (Å²) in [5.41, 5.74) is 3.53. The van der Waals surface area contributed by atoms with Gasteiger partial charge in [-0.05, 0) is 29.7 Å². The molecule has 1 aromatic heterocycles. The second-order valence-electron chi connectivity index (χ2n) is 5.89. The van der Waals surface area contributed by atoms with Crippen LogP contribution in [0.2, 0.25) is 0 Å². The molecule has 2 heterocycles. The molecule has 24 heavy (non-hydrogen) atoms. The van der Waals surface area contributed by atoms with Crippen LogP contribution in [0.1, 0.15) is 22.9 Å². The lowest BCUT2D eigenvalue weighted by atomic mass is 10.1. The highest BCUT2D eigenvalue weighted by molar-refractivity contribution is 5.28. The first kappa shape index (κ1) is 17.0. The van der Waals surface area contributed by atoms with Crippen LogP contribution in [-0.2, 0) is 29.0 Å². The number of benzene rings is 1. The van der Waals surface area contributed by atoms with Gasteiger partial charge in [-0.1, -0.05) is 12.1 Å². The van der Waals surface area contributed by atoms with Crippen LogP contribution in [0.4, 0.5) is 0 Å². The number of aromatic nitrogens is 2. The van der Waals surface area contributed by atoms with E-state index in [-0.39, 0.29) is 6.10 Å². The Bertz CT molecular complexity index is 657. The van der Waals surface area contributed by atoms with Gasteiger partial charge in [-0.2, -0.15) is 5.10 Å². The van der Waals surface area contributed by atoms with Gasteiger partial charge in [-0.3, -0.25) is 4.68 Å². The van der Waals surface area contributed by atoms with E-state index in [1.54, 1.807) is 14.2 Å². The molecule has 0 spiro atoms. The molecule has 3 rings (SSSR count). The highest BCUT2D eigenvalue weighted by Crippen LogP contribution is 2.25. The van der Waals surface area contributed by atoms with E-state index in [1.807, 2.05) is 22.9 Å². The topological polar surface area (TPSA) is 57.5 Å². The number of fused-ring (bicyclic) bond motifs is 1. The Labute approximate surface area is 142 Å². The molecule has 1 aliphatic rings. The highest BCUT2D eigenvalue weighted by Gasteiger charge is 2.24. The van der Waals surface area contributed by atoms with Crippen molar-refractivity contribution >= 4 is 0 Å². The predicted molar refractivity (Wildman–Crippen MR) is 91.2 cm³/mol. The Hall–Kier alpha value is -1.89. The summed E-state index contributed by atoms with van der Waals surface area (Å²) in [6, 6.07) is 8.08. The zero-order valence-electron chi connectivity index (χ0n) is 14.3. The number of ether oxygens (including phenoxy) is 3. The minimum Gasteiger partial charge on any atom is -0.497 e. The largest absolute Gasteiger partial charge is 0.497 e. The van der Waals surface area contributed by atoms with Crippen LogP contribution in [0.5, 0.6) is 5.75 Å². The van der Waals surface area contributed by atoms with Gasteiger partial charge < -0.3 is 19.5 Å². The van der Waals surface area contributed by atoms with Crippen LogP contribution in [0.25, 0.3) is 0 Å². The zero-order chi connectivity index (χ0) is 16.8. The number of nitrogens with one attached hydrogen (secondary N) is 1. The standard InChI is InChI=1S/C18H25N3O3/c1-22-9-7-21-13-15-6-8-24-17(18(15)20-21)12-19-11-14-4-3-5-16(10-14)23-2/h3-5,10,13,17,19H,6-9,11-12H2,1-2H3/t17-/m1/s1. The van der Waals surface area contributed by atoms with Crippen LogP contribution >= 0.6 is 0 Å². The number of rotatable bonds is 8. The summed E-state index contributed by atoms with van der Waals surface area (Å²) in [7, 11) is 3.39. The molecule has 130 valence electrons. The average Bonchev–Trinajstić information content (AvgIpc) is 3.04. The van der Waals surface area contributed by atoms with Gasteiger partial charge in [0, 0.05) is 26.4 Å². The molecule has 1 aliphatic heterocycles. The molecule has 1 N–H and O–H groups in total. The summed E-state index contributed by atoms with van der Waals surface area (Å²) in [5.74, 6) is 0.877. The molecule has 1 atom stereocenters. The second kappa shape index (κ2) is 8.28. The fourth-order valence-corrected chi connectivity index (χ4v) is 2.92. The molecule has 0 unspecified atom stereocenters. The Morgan fingerprint density at radius 1 is 1.38 bits per heavy atom. The van der Waals surface area contributed by atoms with Crippen molar-refractivity contribution in [2.24, 2.45) is 0 Å². The summed E-state index contributed by atoms with van der Waals surface area (Å²) < 4.78 is 18.2. The molecule has 0 saturated carbocycles. The van der Waals surface area contributed by atoms with E-state index >= 15 is 0 Å². The minimum absolute atomic E-state index is 0.00292. The van der Waals surface area contributed by atoms with Gasteiger partial charge in [-0.25, -0.2) is 0 Å². The third kappa shape index (κ3) is 4.14. The molecule has 6 nitrogen and oxygen atoms in total. The number of hydrogen-bond acceptors (Lipinski definition) is 5. The number of hydrogen-bond donors (Lipinski definition) is 1. The molecule has 0 amide bonds. The monoisotopic (exact) mass is 331 g/mol. The van der Waals surface area contributed by atoms with Crippen molar-refractivity contribution in [3.8, 4) is 5.75 Å². The van der Waals surface area contributed by atoms with Gasteiger partial charge in [0.15, 0.2) is 0 Å². The fourth-order valence-electron chi connectivity index (χ4n) is 2.92. The summed E-state index contributed by atoms with van der Waals surface area (Å²) in [6.07, 6.45) is 3.05.